The first-order valence-corrected chi connectivity index (χ1v) is 13.0. The molecular formula is C27H35N5O5. The molecule has 10 heteroatoms. The Labute approximate surface area is 214 Å². The predicted molar refractivity (Wildman–Crippen MR) is 143 cm³/mol. The third kappa shape index (κ3) is 4.68. The fraction of sp³-hybridized carbons (Fsp3) is 0.481. The van der Waals surface area contributed by atoms with Crippen LogP contribution in [0.15, 0.2) is 38.6 Å². The molecule has 0 amide bonds. The monoisotopic (exact) mass is 509 g/mol. The van der Waals surface area contributed by atoms with E-state index in [4.69, 9.17) is 4.74 Å². The molecule has 1 N–H and O–H groups in total. The first-order chi connectivity index (χ1) is 17.9. The lowest BCUT2D eigenvalue weighted by Crippen LogP contribution is -2.40. The van der Waals surface area contributed by atoms with Crippen LogP contribution < -0.4 is 21.5 Å². The quantitative estimate of drug-likeness (QED) is 0.311. The zero-order valence-electron chi connectivity index (χ0n) is 22.0. The van der Waals surface area contributed by atoms with Crippen LogP contribution in [0.5, 0.6) is 11.6 Å². The molecule has 3 aromatic heterocycles. The second-order valence-corrected chi connectivity index (χ2v) is 9.31. The van der Waals surface area contributed by atoms with Crippen molar-refractivity contribution in [2.45, 2.75) is 78.9 Å². The van der Waals surface area contributed by atoms with Gasteiger partial charge in [-0.15, -0.1) is 0 Å². The standard InChI is InChI=1S/C27H35N5O5/c1-5-8-9-10-20-23(33)31(17-18-11-13-19(37-4)14-12-18)26-28-22-21(32(26)24(20)34)25(35)30(16-7-3)27(36)29(22)15-6-2/h11-14,34H,5-10,15-17H2,1-4H3. The maximum absolute atomic E-state index is 13.7. The summed E-state index contributed by atoms with van der Waals surface area (Å²) in [6.45, 7) is 6.68. The molecule has 0 aliphatic carbocycles. The Hall–Kier alpha value is -3.82. The smallest absolute Gasteiger partial charge is 0.332 e. The highest BCUT2D eigenvalue weighted by atomic mass is 16.5. The van der Waals surface area contributed by atoms with E-state index in [2.05, 4.69) is 11.9 Å². The molecular weight excluding hydrogens is 474 g/mol. The number of hydrogen-bond acceptors (Lipinski definition) is 6. The van der Waals surface area contributed by atoms with Crippen LogP contribution in [0.25, 0.3) is 16.9 Å². The Bertz CT molecular complexity index is 1590. The van der Waals surface area contributed by atoms with E-state index >= 15 is 0 Å². The van der Waals surface area contributed by atoms with E-state index < -0.39 is 11.2 Å². The van der Waals surface area contributed by atoms with Crippen molar-refractivity contribution >= 4 is 16.9 Å². The Balaban J connectivity index is 2.10. The number of nitrogens with zero attached hydrogens (tertiary/aromatic N) is 5. The highest BCUT2D eigenvalue weighted by Crippen LogP contribution is 2.24. The number of imidazole rings is 1. The van der Waals surface area contributed by atoms with Gasteiger partial charge in [-0.1, -0.05) is 45.7 Å². The molecule has 0 atom stereocenters. The van der Waals surface area contributed by atoms with Gasteiger partial charge in [0.2, 0.25) is 11.7 Å². The second kappa shape index (κ2) is 11.1. The Kier molecular flexibility index (Phi) is 7.85. The molecule has 0 unspecified atom stereocenters. The first-order valence-electron chi connectivity index (χ1n) is 13.0. The summed E-state index contributed by atoms with van der Waals surface area (Å²) in [6, 6.07) is 7.33. The van der Waals surface area contributed by atoms with Crippen molar-refractivity contribution in [3.8, 4) is 11.6 Å². The van der Waals surface area contributed by atoms with Gasteiger partial charge >= 0.3 is 5.69 Å². The fourth-order valence-electron chi connectivity index (χ4n) is 4.77. The van der Waals surface area contributed by atoms with Gasteiger partial charge in [0.05, 0.1) is 19.2 Å². The summed E-state index contributed by atoms with van der Waals surface area (Å²) >= 11 is 0. The molecule has 1 aromatic carbocycles. The van der Waals surface area contributed by atoms with Gasteiger partial charge in [0.15, 0.2) is 11.2 Å². The summed E-state index contributed by atoms with van der Waals surface area (Å²) in [5.74, 6) is 0.536. The summed E-state index contributed by atoms with van der Waals surface area (Å²) in [5.41, 5.74) is 0.0372. The van der Waals surface area contributed by atoms with Gasteiger partial charge in [-0.25, -0.2) is 9.20 Å². The Morgan fingerprint density at radius 1 is 0.865 bits per heavy atom. The Morgan fingerprint density at radius 3 is 2.16 bits per heavy atom. The molecule has 3 heterocycles. The molecule has 0 bridgehead atoms. The van der Waals surface area contributed by atoms with Crippen LogP contribution in [-0.2, 0) is 26.1 Å². The van der Waals surface area contributed by atoms with E-state index in [-0.39, 0.29) is 47.0 Å². The summed E-state index contributed by atoms with van der Waals surface area (Å²) < 4.78 is 10.8. The number of unbranched alkanes of at least 4 members (excludes halogenated alkanes) is 2. The molecule has 0 radical (unpaired) electrons. The molecule has 0 fully saturated rings. The summed E-state index contributed by atoms with van der Waals surface area (Å²) in [4.78, 5) is 45.2. The molecule has 4 aromatic rings. The first kappa shape index (κ1) is 26.2. The average molecular weight is 510 g/mol. The van der Waals surface area contributed by atoms with Crippen molar-refractivity contribution in [3.63, 3.8) is 0 Å². The van der Waals surface area contributed by atoms with E-state index in [1.807, 2.05) is 38.1 Å². The molecule has 0 spiro atoms. The molecule has 0 saturated carbocycles. The minimum atomic E-state index is -0.522. The number of aromatic hydroxyl groups is 1. The maximum atomic E-state index is 13.7. The van der Waals surface area contributed by atoms with Crippen molar-refractivity contribution in [3.05, 3.63) is 66.6 Å². The number of hydrogen-bond donors (Lipinski definition) is 1. The van der Waals surface area contributed by atoms with Gasteiger partial charge in [-0.2, -0.15) is 4.98 Å². The third-order valence-corrected chi connectivity index (χ3v) is 6.66. The van der Waals surface area contributed by atoms with E-state index in [0.717, 1.165) is 24.8 Å². The Morgan fingerprint density at radius 2 is 1.54 bits per heavy atom. The third-order valence-electron chi connectivity index (χ3n) is 6.66. The average Bonchev–Trinajstić information content (AvgIpc) is 3.30. The molecule has 4 rings (SSSR count). The fourth-order valence-corrected chi connectivity index (χ4v) is 4.77. The van der Waals surface area contributed by atoms with Crippen LogP contribution >= 0.6 is 0 Å². The minimum absolute atomic E-state index is 0.106. The van der Waals surface area contributed by atoms with Gasteiger partial charge in [-0.3, -0.25) is 23.3 Å². The zero-order valence-corrected chi connectivity index (χ0v) is 22.0. The van der Waals surface area contributed by atoms with Crippen molar-refractivity contribution in [2.24, 2.45) is 0 Å². The molecule has 0 saturated heterocycles. The van der Waals surface area contributed by atoms with Crippen molar-refractivity contribution in [1.82, 2.24) is 23.1 Å². The molecule has 0 aliphatic rings. The van der Waals surface area contributed by atoms with Crippen LogP contribution in [0.3, 0.4) is 0 Å². The summed E-state index contributed by atoms with van der Waals surface area (Å²) in [7, 11) is 1.59. The number of rotatable bonds is 11. The van der Waals surface area contributed by atoms with Crippen LogP contribution in [0.1, 0.15) is 64.0 Å². The lowest BCUT2D eigenvalue weighted by atomic mass is 10.1. The number of methoxy groups -OCH3 is 1. The van der Waals surface area contributed by atoms with Gasteiger partial charge in [0.1, 0.15) is 5.75 Å². The van der Waals surface area contributed by atoms with Crippen molar-refractivity contribution in [1.29, 1.82) is 0 Å². The van der Waals surface area contributed by atoms with E-state index in [1.165, 1.54) is 18.1 Å². The lowest BCUT2D eigenvalue weighted by molar-refractivity contribution is 0.414. The summed E-state index contributed by atoms with van der Waals surface area (Å²) in [5, 5.41) is 11.4. The van der Waals surface area contributed by atoms with Crippen molar-refractivity contribution < 1.29 is 9.84 Å². The topological polar surface area (TPSA) is 113 Å². The van der Waals surface area contributed by atoms with E-state index in [0.29, 0.717) is 31.6 Å². The maximum Gasteiger partial charge on any atom is 0.332 e. The van der Waals surface area contributed by atoms with Crippen LogP contribution in [0.4, 0.5) is 0 Å². The van der Waals surface area contributed by atoms with Crippen LogP contribution in [0, 0.1) is 0 Å². The lowest BCUT2D eigenvalue weighted by Gasteiger charge is -2.14. The van der Waals surface area contributed by atoms with Crippen LogP contribution in [0.2, 0.25) is 0 Å². The second-order valence-electron chi connectivity index (χ2n) is 9.31. The largest absolute Gasteiger partial charge is 0.497 e. The van der Waals surface area contributed by atoms with Gasteiger partial charge < -0.3 is 9.84 Å². The van der Waals surface area contributed by atoms with E-state index in [9.17, 15) is 19.5 Å². The van der Waals surface area contributed by atoms with Gasteiger partial charge in [-0.05, 0) is 43.4 Å². The predicted octanol–water partition coefficient (Wildman–Crippen LogP) is 3.29. The highest BCUT2D eigenvalue weighted by Gasteiger charge is 2.25. The highest BCUT2D eigenvalue weighted by molar-refractivity contribution is 5.76. The minimum Gasteiger partial charge on any atom is -0.497 e. The number of fused-ring (bicyclic) bond motifs is 3. The normalized spacial score (nSPS) is 11.6. The van der Waals surface area contributed by atoms with Gasteiger partial charge in [0.25, 0.3) is 11.1 Å². The SMILES string of the molecule is CCCCCc1c(O)n2c3c(=O)n(CCC)c(=O)n(CCC)c3nc2n(Cc2ccc(OC)cc2)c1=O. The molecule has 0 aliphatic heterocycles. The van der Waals surface area contributed by atoms with Crippen LogP contribution in [-0.4, -0.2) is 35.3 Å². The molecule has 198 valence electrons. The zero-order chi connectivity index (χ0) is 26.7. The number of aromatic nitrogens is 5. The van der Waals surface area contributed by atoms with Crippen molar-refractivity contribution in [2.75, 3.05) is 7.11 Å². The molecule has 10 nitrogen and oxygen atoms in total. The van der Waals surface area contributed by atoms with Gasteiger partial charge in [0, 0.05) is 13.1 Å². The number of aryl methyl sites for hydroxylation is 1. The summed E-state index contributed by atoms with van der Waals surface area (Å²) in [6.07, 6.45) is 4.20. The number of benzene rings is 1. The molecule has 37 heavy (non-hydrogen) atoms. The van der Waals surface area contributed by atoms with E-state index in [1.54, 1.807) is 7.11 Å². The number of ether oxygens (including phenoxy) is 1.